The molecule has 0 fully saturated rings. The van der Waals surface area contributed by atoms with Crippen LogP contribution in [0, 0.1) is 17.7 Å². The first-order valence-corrected chi connectivity index (χ1v) is 7.69. The maximum atomic E-state index is 13.8. The lowest BCUT2D eigenvalue weighted by Gasteiger charge is -2.15. The number of benzene rings is 2. The summed E-state index contributed by atoms with van der Waals surface area (Å²) < 4.78 is 24.5. The Labute approximate surface area is 137 Å². The second kappa shape index (κ2) is 8.97. The number of rotatable bonds is 6. The van der Waals surface area contributed by atoms with Gasteiger partial charge in [0, 0.05) is 24.7 Å². The Balaban J connectivity index is 2.03. The van der Waals surface area contributed by atoms with Gasteiger partial charge in [-0.2, -0.15) is 0 Å². The molecule has 0 N–H and O–H groups in total. The van der Waals surface area contributed by atoms with Crippen molar-refractivity contribution in [2.45, 2.75) is 19.3 Å². The van der Waals surface area contributed by atoms with Crippen molar-refractivity contribution in [2.75, 3.05) is 20.3 Å². The van der Waals surface area contributed by atoms with Crippen molar-refractivity contribution >= 4 is 0 Å². The molecule has 2 rings (SSSR count). The Morgan fingerprint density at radius 3 is 2.61 bits per heavy atom. The summed E-state index contributed by atoms with van der Waals surface area (Å²) in [5.41, 5.74) is 1.82. The molecule has 0 radical (unpaired) electrons. The van der Waals surface area contributed by atoms with Crippen LogP contribution in [0.3, 0.4) is 0 Å². The summed E-state index contributed by atoms with van der Waals surface area (Å²) in [4.78, 5) is 0. The fourth-order valence-corrected chi connectivity index (χ4v) is 2.33. The van der Waals surface area contributed by atoms with Gasteiger partial charge >= 0.3 is 0 Å². The van der Waals surface area contributed by atoms with Crippen LogP contribution in [0.4, 0.5) is 4.39 Å². The predicted molar refractivity (Wildman–Crippen MR) is 90.1 cm³/mol. The molecule has 3 heteroatoms. The van der Waals surface area contributed by atoms with Gasteiger partial charge in [-0.1, -0.05) is 37.0 Å². The maximum absolute atomic E-state index is 13.8. The van der Waals surface area contributed by atoms with Crippen LogP contribution in [0.1, 0.15) is 30.4 Å². The summed E-state index contributed by atoms with van der Waals surface area (Å²) >= 11 is 0. The minimum atomic E-state index is -0.303. The second-order valence-electron chi connectivity index (χ2n) is 5.24. The van der Waals surface area contributed by atoms with Gasteiger partial charge in [-0.3, -0.25) is 0 Å². The Morgan fingerprint density at radius 2 is 1.91 bits per heavy atom. The van der Waals surface area contributed by atoms with Gasteiger partial charge in [0.25, 0.3) is 0 Å². The first-order chi connectivity index (χ1) is 11.2. The van der Waals surface area contributed by atoms with Gasteiger partial charge in [-0.25, -0.2) is 4.39 Å². The van der Waals surface area contributed by atoms with E-state index in [0.29, 0.717) is 12.4 Å². The smallest absolute Gasteiger partial charge is 0.149 e. The lowest BCUT2D eigenvalue weighted by atomic mass is 9.97. The molecule has 2 aromatic carbocycles. The van der Waals surface area contributed by atoms with Crippen molar-refractivity contribution in [3.8, 4) is 17.6 Å². The Kier molecular flexibility index (Phi) is 6.65. The molecule has 2 aromatic rings. The minimum absolute atomic E-state index is 0.161. The number of ether oxygens (including phenoxy) is 2. The lowest BCUT2D eigenvalue weighted by molar-refractivity contribution is 0.177. The van der Waals surface area contributed by atoms with E-state index in [4.69, 9.17) is 9.47 Å². The molecule has 0 heterocycles. The van der Waals surface area contributed by atoms with Crippen molar-refractivity contribution in [1.82, 2.24) is 0 Å². The van der Waals surface area contributed by atoms with Crippen molar-refractivity contribution < 1.29 is 13.9 Å². The largest absolute Gasteiger partial charge is 0.481 e. The molecule has 0 aromatic heterocycles. The number of hydrogen-bond donors (Lipinski definition) is 0. The molecule has 120 valence electrons. The summed E-state index contributed by atoms with van der Waals surface area (Å²) in [7, 11) is 1.65. The third kappa shape index (κ3) is 5.43. The highest BCUT2D eigenvalue weighted by molar-refractivity contribution is 5.35. The van der Waals surface area contributed by atoms with E-state index in [0.717, 1.165) is 17.5 Å². The van der Waals surface area contributed by atoms with Gasteiger partial charge in [0.05, 0.1) is 6.61 Å². The maximum Gasteiger partial charge on any atom is 0.149 e. The summed E-state index contributed by atoms with van der Waals surface area (Å²) in [5, 5.41) is 0. The molecule has 1 atom stereocenters. The van der Waals surface area contributed by atoms with E-state index >= 15 is 0 Å². The van der Waals surface area contributed by atoms with Gasteiger partial charge in [0.1, 0.15) is 18.2 Å². The van der Waals surface area contributed by atoms with Gasteiger partial charge in [-0.15, -0.1) is 0 Å². The minimum Gasteiger partial charge on any atom is -0.481 e. The predicted octanol–water partition coefficient (Wildman–Crippen LogP) is 4.40. The van der Waals surface area contributed by atoms with Crippen LogP contribution in [0.5, 0.6) is 5.75 Å². The van der Waals surface area contributed by atoms with Gasteiger partial charge in [0.15, 0.2) is 0 Å². The molecule has 2 nitrogen and oxygen atoms in total. The molecule has 0 aliphatic rings. The summed E-state index contributed by atoms with van der Waals surface area (Å²) in [6.07, 6.45) is 0.880. The molecule has 1 unspecified atom stereocenters. The molecule has 0 saturated heterocycles. The van der Waals surface area contributed by atoms with E-state index in [-0.39, 0.29) is 18.3 Å². The van der Waals surface area contributed by atoms with Gasteiger partial charge < -0.3 is 9.47 Å². The van der Waals surface area contributed by atoms with Crippen LogP contribution in [0.25, 0.3) is 0 Å². The average molecular weight is 312 g/mol. The topological polar surface area (TPSA) is 18.5 Å². The van der Waals surface area contributed by atoms with E-state index in [1.165, 1.54) is 12.1 Å². The molecule has 0 spiro atoms. The normalized spacial score (nSPS) is 11.4. The Morgan fingerprint density at radius 1 is 1.13 bits per heavy atom. The molecule has 0 bridgehead atoms. The third-order valence-corrected chi connectivity index (χ3v) is 3.54. The van der Waals surface area contributed by atoms with Gasteiger partial charge in [-0.05, 0) is 36.2 Å². The Bertz CT molecular complexity index is 671. The zero-order chi connectivity index (χ0) is 16.5. The van der Waals surface area contributed by atoms with Crippen molar-refractivity contribution in [1.29, 1.82) is 0 Å². The van der Waals surface area contributed by atoms with E-state index < -0.39 is 0 Å². The van der Waals surface area contributed by atoms with Crippen molar-refractivity contribution in [3.63, 3.8) is 0 Å². The average Bonchev–Trinajstić information content (AvgIpc) is 2.57. The summed E-state index contributed by atoms with van der Waals surface area (Å²) in [6, 6.07) is 14.5. The molecule has 0 aliphatic carbocycles. The fraction of sp³-hybridized carbons (Fsp3) is 0.300. The standard InChI is InChI=1S/C20H21FO2/c1-3-17(15-22-2)18-12-19(21)14-20(13-18)23-11-7-10-16-8-5-4-6-9-16/h4-6,8-9,12-14,17H,3,11,15H2,1-2H3. The number of hydrogen-bond acceptors (Lipinski definition) is 2. The molecule has 0 saturated carbocycles. The molecule has 23 heavy (non-hydrogen) atoms. The number of methoxy groups -OCH3 is 1. The second-order valence-corrected chi connectivity index (χ2v) is 5.24. The molecular formula is C20H21FO2. The van der Waals surface area contributed by atoms with E-state index in [1.807, 2.05) is 36.4 Å². The zero-order valence-electron chi connectivity index (χ0n) is 13.5. The SMILES string of the molecule is CCC(COC)c1cc(F)cc(OCC#Cc2ccccc2)c1. The zero-order valence-corrected chi connectivity index (χ0v) is 13.5. The van der Waals surface area contributed by atoms with E-state index in [1.54, 1.807) is 7.11 Å². The van der Waals surface area contributed by atoms with Crippen LogP contribution >= 0.6 is 0 Å². The van der Waals surface area contributed by atoms with Crippen LogP contribution in [0.15, 0.2) is 48.5 Å². The summed E-state index contributed by atoms with van der Waals surface area (Å²) in [5.74, 6) is 6.30. The van der Waals surface area contributed by atoms with Crippen LogP contribution in [-0.4, -0.2) is 20.3 Å². The highest BCUT2D eigenvalue weighted by Gasteiger charge is 2.12. The highest BCUT2D eigenvalue weighted by atomic mass is 19.1. The van der Waals surface area contributed by atoms with Crippen LogP contribution < -0.4 is 4.74 Å². The first kappa shape index (κ1) is 17.1. The quantitative estimate of drug-likeness (QED) is 0.736. The van der Waals surface area contributed by atoms with Gasteiger partial charge in [0.2, 0.25) is 0 Å². The highest BCUT2D eigenvalue weighted by Crippen LogP contribution is 2.25. The van der Waals surface area contributed by atoms with E-state index in [9.17, 15) is 4.39 Å². The van der Waals surface area contributed by atoms with Crippen LogP contribution in [0.2, 0.25) is 0 Å². The summed E-state index contributed by atoms with van der Waals surface area (Å²) in [6.45, 7) is 2.84. The van der Waals surface area contributed by atoms with Crippen LogP contribution in [-0.2, 0) is 4.74 Å². The molecule has 0 aliphatic heterocycles. The monoisotopic (exact) mass is 312 g/mol. The van der Waals surface area contributed by atoms with Crippen molar-refractivity contribution in [3.05, 3.63) is 65.5 Å². The molecule has 0 amide bonds. The first-order valence-electron chi connectivity index (χ1n) is 7.69. The van der Waals surface area contributed by atoms with Crippen molar-refractivity contribution in [2.24, 2.45) is 0 Å². The third-order valence-electron chi connectivity index (χ3n) is 3.54. The number of halogens is 1. The van der Waals surface area contributed by atoms with E-state index in [2.05, 4.69) is 18.8 Å². The lowest BCUT2D eigenvalue weighted by Crippen LogP contribution is -2.06. The Hall–Kier alpha value is -2.31. The fourth-order valence-electron chi connectivity index (χ4n) is 2.33. The molecular weight excluding hydrogens is 291 g/mol.